The smallest absolute Gasteiger partial charge is 0.0619 e. The lowest BCUT2D eigenvalue weighted by atomic mass is 10.4. The van der Waals surface area contributed by atoms with Crippen molar-refractivity contribution in [1.29, 1.82) is 0 Å². The van der Waals surface area contributed by atoms with Crippen molar-refractivity contribution in [3.63, 3.8) is 0 Å². The van der Waals surface area contributed by atoms with E-state index in [1.54, 1.807) is 0 Å². The molecule has 0 atom stereocenters. The van der Waals surface area contributed by atoms with E-state index < -0.39 is 0 Å². The maximum Gasteiger partial charge on any atom is 0.348 e. The molecular weight excluding hydrogens is 223 g/mol. The molecule has 9 heavy (non-hydrogen) atoms. The fraction of sp³-hybridized carbons (Fsp3) is 0. The Morgan fingerprint density at radius 2 is 1.89 bits per heavy atom. The minimum atomic E-state index is 0.0938. The molecule has 0 radical (unpaired) electrons. The summed E-state index contributed by atoms with van der Waals surface area (Å²) < 4.78 is 3.46. The van der Waals surface area contributed by atoms with Crippen LogP contribution in [0.1, 0.15) is 0 Å². The molecule has 0 N–H and O–H groups in total. The molecule has 0 nitrogen and oxygen atoms in total. The highest BCUT2D eigenvalue weighted by Gasteiger charge is 2.01. The maximum absolute atomic E-state index is 3.70. The normalized spacial score (nSPS) is 8.89. The van der Waals surface area contributed by atoms with Gasteiger partial charge >= 0.3 is 21.2 Å². The molecule has 1 heteroatoms. The first-order valence-corrected chi connectivity index (χ1v) is 5.05. The van der Waals surface area contributed by atoms with Crippen LogP contribution in [0.5, 0.6) is 0 Å². The Hall–Kier alpha value is -0.310. The fourth-order valence-corrected chi connectivity index (χ4v) is 1.92. The zero-order chi connectivity index (χ0) is 6.53. The molecule has 1 aromatic carbocycles. The molecule has 0 heterocycles. The maximum atomic E-state index is 3.70. The topological polar surface area (TPSA) is 0 Å². The average molecular weight is 231 g/mol. The van der Waals surface area contributed by atoms with Crippen LogP contribution in [0.15, 0.2) is 41.0 Å². The van der Waals surface area contributed by atoms with Gasteiger partial charge in [0.25, 0.3) is 0 Å². The molecule has 0 aliphatic heterocycles. The summed E-state index contributed by atoms with van der Waals surface area (Å²) in [5.74, 6) is 0. The lowest BCUT2D eigenvalue weighted by Gasteiger charge is -1.76. The third-order valence-electron chi connectivity index (χ3n) is 0.936. The van der Waals surface area contributed by atoms with Gasteiger partial charge in [-0.05, 0) is 12.1 Å². The second kappa shape index (κ2) is 3.67. The van der Waals surface area contributed by atoms with Crippen LogP contribution >= 0.6 is 0 Å². The summed E-state index contributed by atoms with van der Waals surface area (Å²) in [5.41, 5.74) is 0. The molecule has 0 unspecified atom stereocenters. The Bertz CT molecular complexity index is 179. The van der Waals surface area contributed by atoms with E-state index >= 15 is 0 Å². The predicted octanol–water partition coefficient (Wildman–Crippen LogP) is -0.911. The SMILES string of the molecule is C=C[I+]c1ccccc1. The molecule has 0 fully saturated rings. The summed E-state index contributed by atoms with van der Waals surface area (Å²) in [7, 11) is 0. The standard InChI is InChI=1S/C8H8I/c1-2-9-8-6-4-3-5-7-8/h2-7H,1H2/q+1. The first-order chi connectivity index (χ1) is 4.43. The molecule has 46 valence electrons. The van der Waals surface area contributed by atoms with Crippen molar-refractivity contribution in [1.82, 2.24) is 0 Å². The van der Waals surface area contributed by atoms with E-state index in [1.165, 1.54) is 3.57 Å². The lowest BCUT2D eigenvalue weighted by molar-refractivity contribution is -0.556. The summed E-state index contributed by atoms with van der Waals surface area (Å²) in [6.07, 6.45) is 0. The van der Waals surface area contributed by atoms with E-state index in [1.807, 2.05) is 10.1 Å². The van der Waals surface area contributed by atoms with Gasteiger partial charge in [0.05, 0.1) is 0 Å². The van der Waals surface area contributed by atoms with Gasteiger partial charge in [0.1, 0.15) is 0 Å². The van der Waals surface area contributed by atoms with Crippen LogP contribution in [0.4, 0.5) is 0 Å². The average Bonchev–Trinajstić information content (AvgIpc) is 1.91. The molecule has 0 amide bonds. The Morgan fingerprint density at radius 3 is 2.44 bits per heavy atom. The second-order valence-electron chi connectivity index (χ2n) is 1.56. The highest BCUT2D eigenvalue weighted by molar-refractivity contribution is 4.99. The Labute approximate surface area is 65.9 Å². The van der Waals surface area contributed by atoms with Crippen molar-refractivity contribution in [3.05, 3.63) is 44.6 Å². The van der Waals surface area contributed by atoms with Crippen molar-refractivity contribution in [2.24, 2.45) is 0 Å². The van der Waals surface area contributed by atoms with Crippen molar-refractivity contribution in [2.75, 3.05) is 0 Å². The van der Waals surface area contributed by atoms with E-state index in [-0.39, 0.29) is 21.2 Å². The Balaban J connectivity index is 2.72. The van der Waals surface area contributed by atoms with Gasteiger partial charge in [-0.1, -0.05) is 24.8 Å². The van der Waals surface area contributed by atoms with E-state index in [0.717, 1.165) is 0 Å². The molecule has 0 aliphatic carbocycles. The van der Waals surface area contributed by atoms with Gasteiger partial charge in [0, 0.05) is 0 Å². The molecule has 0 saturated carbocycles. The van der Waals surface area contributed by atoms with Crippen molar-refractivity contribution >= 4 is 0 Å². The summed E-state index contributed by atoms with van der Waals surface area (Å²) in [5, 5.41) is 0. The zero-order valence-electron chi connectivity index (χ0n) is 5.05. The van der Waals surface area contributed by atoms with E-state index in [4.69, 9.17) is 0 Å². The van der Waals surface area contributed by atoms with Crippen molar-refractivity contribution in [2.45, 2.75) is 0 Å². The fourth-order valence-electron chi connectivity index (χ4n) is 0.576. The highest BCUT2D eigenvalue weighted by Crippen LogP contribution is 1.81. The number of benzene rings is 1. The van der Waals surface area contributed by atoms with Crippen LogP contribution in [0.2, 0.25) is 0 Å². The molecule has 0 spiro atoms. The summed E-state index contributed by atoms with van der Waals surface area (Å²) in [6.45, 7) is 3.70. The number of halogens is 1. The van der Waals surface area contributed by atoms with Crippen molar-refractivity contribution < 1.29 is 21.2 Å². The molecule has 0 aromatic heterocycles. The zero-order valence-corrected chi connectivity index (χ0v) is 7.21. The monoisotopic (exact) mass is 231 g/mol. The van der Waals surface area contributed by atoms with Gasteiger partial charge in [-0.15, -0.1) is 0 Å². The van der Waals surface area contributed by atoms with Crippen LogP contribution in [0.25, 0.3) is 0 Å². The van der Waals surface area contributed by atoms with E-state index in [9.17, 15) is 0 Å². The Kier molecular flexibility index (Phi) is 2.77. The molecule has 0 saturated heterocycles. The second-order valence-corrected chi connectivity index (χ2v) is 4.31. The lowest BCUT2D eigenvalue weighted by Crippen LogP contribution is -3.58. The predicted molar refractivity (Wildman–Crippen MR) is 35.3 cm³/mol. The highest BCUT2D eigenvalue weighted by atomic mass is 127. The van der Waals surface area contributed by atoms with Gasteiger partial charge in [-0.3, -0.25) is 0 Å². The minimum absolute atomic E-state index is 0.0938. The van der Waals surface area contributed by atoms with Gasteiger partial charge in [-0.25, -0.2) is 0 Å². The largest absolute Gasteiger partial charge is 0.348 e. The molecule has 0 aliphatic rings. The summed E-state index contributed by atoms with van der Waals surface area (Å²) in [4.78, 5) is 0. The van der Waals surface area contributed by atoms with Crippen LogP contribution in [0.3, 0.4) is 0 Å². The quantitative estimate of drug-likeness (QED) is 0.578. The minimum Gasteiger partial charge on any atom is -0.0619 e. The molecule has 1 rings (SSSR count). The summed E-state index contributed by atoms with van der Waals surface area (Å²) in [6, 6.07) is 10.5. The first kappa shape index (κ1) is 6.81. The Morgan fingerprint density at radius 1 is 1.22 bits per heavy atom. The molecule has 1 aromatic rings. The number of hydrogen-bond acceptors (Lipinski definition) is 0. The van der Waals surface area contributed by atoms with Gasteiger partial charge in [-0.2, -0.15) is 0 Å². The van der Waals surface area contributed by atoms with E-state index in [2.05, 4.69) is 30.8 Å². The number of rotatable bonds is 2. The van der Waals surface area contributed by atoms with Crippen LogP contribution < -0.4 is 21.2 Å². The van der Waals surface area contributed by atoms with Crippen LogP contribution in [-0.2, 0) is 0 Å². The molecular formula is C8H8I+. The van der Waals surface area contributed by atoms with Gasteiger partial charge in [0.15, 0.2) is 7.65 Å². The van der Waals surface area contributed by atoms with Gasteiger partial charge in [0.2, 0.25) is 0 Å². The van der Waals surface area contributed by atoms with E-state index in [0.29, 0.717) is 0 Å². The van der Waals surface area contributed by atoms with Crippen molar-refractivity contribution in [3.8, 4) is 0 Å². The molecule has 0 bridgehead atoms. The van der Waals surface area contributed by atoms with Crippen LogP contribution in [-0.4, -0.2) is 0 Å². The van der Waals surface area contributed by atoms with Gasteiger partial charge < -0.3 is 0 Å². The summed E-state index contributed by atoms with van der Waals surface area (Å²) >= 11 is 0.0938. The third-order valence-corrected chi connectivity index (χ3v) is 2.81. The number of hydrogen-bond donors (Lipinski definition) is 0. The third kappa shape index (κ3) is 2.18. The van der Waals surface area contributed by atoms with Crippen LogP contribution in [0, 0.1) is 3.57 Å². The first-order valence-electron chi connectivity index (χ1n) is 2.73.